The molecule has 0 aliphatic carbocycles. The number of nitrogens with zero attached hydrogens (tertiary/aromatic N) is 1. The highest BCUT2D eigenvalue weighted by atomic mass is 16.3. The topological polar surface area (TPSA) is 25.2 Å². The Labute approximate surface area is 103 Å². The average Bonchev–Trinajstić information content (AvgIpc) is 2.58. The fourth-order valence-electron chi connectivity index (χ4n) is 2.32. The molecule has 1 aromatic carbocycles. The van der Waals surface area contributed by atoms with Gasteiger partial charge in [0, 0.05) is 17.1 Å². The predicted octanol–water partition coefficient (Wildman–Crippen LogP) is 3.20. The lowest BCUT2D eigenvalue weighted by atomic mass is 10.1. The summed E-state index contributed by atoms with van der Waals surface area (Å²) in [6, 6.07) is 8.51. The summed E-state index contributed by atoms with van der Waals surface area (Å²) >= 11 is 0. The molecule has 0 atom stereocenters. The minimum Gasteiger partial charge on any atom is -0.392 e. The Morgan fingerprint density at radius 1 is 1.06 bits per heavy atom. The third kappa shape index (κ3) is 2.01. The van der Waals surface area contributed by atoms with Crippen LogP contribution in [0.25, 0.3) is 5.69 Å². The maximum absolute atomic E-state index is 9.31. The van der Waals surface area contributed by atoms with E-state index in [1.165, 1.54) is 22.5 Å². The van der Waals surface area contributed by atoms with Gasteiger partial charge in [0.2, 0.25) is 0 Å². The second-order valence-electron chi connectivity index (χ2n) is 4.68. The van der Waals surface area contributed by atoms with E-state index < -0.39 is 0 Å². The van der Waals surface area contributed by atoms with Crippen LogP contribution in [0, 0.1) is 27.7 Å². The first-order chi connectivity index (χ1) is 8.04. The molecule has 0 saturated carbocycles. The summed E-state index contributed by atoms with van der Waals surface area (Å²) in [6.45, 7) is 8.45. The van der Waals surface area contributed by atoms with Crippen molar-refractivity contribution in [3.63, 3.8) is 0 Å². The molecule has 2 aromatic rings. The van der Waals surface area contributed by atoms with Gasteiger partial charge in [0.05, 0.1) is 6.61 Å². The number of hydrogen-bond donors (Lipinski definition) is 1. The number of aliphatic hydroxyl groups excluding tert-OH is 1. The second kappa shape index (κ2) is 4.38. The van der Waals surface area contributed by atoms with Crippen LogP contribution in [0.2, 0.25) is 0 Å². The second-order valence-corrected chi connectivity index (χ2v) is 4.68. The summed E-state index contributed by atoms with van der Waals surface area (Å²) in [5, 5.41) is 9.31. The highest BCUT2D eigenvalue weighted by Gasteiger charge is 2.11. The van der Waals surface area contributed by atoms with E-state index in [9.17, 15) is 5.11 Å². The molecule has 1 heterocycles. The normalized spacial score (nSPS) is 10.9. The van der Waals surface area contributed by atoms with Gasteiger partial charge in [-0.3, -0.25) is 0 Å². The molecule has 0 spiro atoms. The van der Waals surface area contributed by atoms with Crippen LogP contribution in [-0.2, 0) is 6.61 Å². The maximum Gasteiger partial charge on any atom is 0.0699 e. The van der Waals surface area contributed by atoms with Crippen LogP contribution >= 0.6 is 0 Å². The van der Waals surface area contributed by atoms with Gasteiger partial charge >= 0.3 is 0 Å². The number of benzene rings is 1. The Hall–Kier alpha value is -1.54. The number of aryl methyl sites for hydroxylation is 3. The third-order valence-corrected chi connectivity index (χ3v) is 3.31. The standard InChI is InChI=1S/C15H19NO/c1-10-5-6-11(2)15(7-10)16-12(3)8-14(9-17)13(16)4/h5-8,17H,9H2,1-4H3. The maximum atomic E-state index is 9.31. The minimum atomic E-state index is 0.102. The molecule has 1 aromatic heterocycles. The summed E-state index contributed by atoms with van der Waals surface area (Å²) in [7, 11) is 0. The monoisotopic (exact) mass is 229 g/mol. The lowest BCUT2D eigenvalue weighted by Gasteiger charge is -2.13. The van der Waals surface area contributed by atoms with Gasteiger partial charge in [-0.1, -0.05) is 12.1 Å². The Morgan fingerprint density at radius 3 is 2.35 bits per heavy atom. The van der Waals surface area contributed by atoms with E-state index in [1.54, 1.807) is 0 Å². The van der Waals surface area contributed by atoms with E-state index >= 15 is 0 Å². The van der Waals surface area contributed by atoms with Gasteiger partial charge in [0.25, 0.3) is 0 Å². The Morgan fingerprint density at radius 2 is 1.76 bits per heavy atom. The van der Waals surface area contributed by atoms with Crippen molar-refractivity contribution in [2.24, 2.45) is 0 Å². The van der Waals surface area contributed by atoms with Gasteiger partial charge in [-0.15, -0.1) is 0 Å². The molecule has 0 unspecified atom stereocenters. The Balaban J connectivity index is 2.68. The van der Waals surface area contributed by atoms with Gasteiger partial charge in [0.15, 0.2) is 0 Å². The van der Waals surface area contributed by atoms with Gasteiger partial charge in [-0.2, -0.15) is 0 Å². The first-order valence-electron chi connectivity index (χ1n) is 5.91. The number of aromatic nitrogens is 1. The van der Waals surface area contributed by atoms with E-state index in [2.05, 4.69) is 56.5 Å². The summed E-state index contributed by atoms with van der Waals surface area (Å²) in [4.78, 5) is 0. The molecule has 0 aliphatic heterocycles. The summed E-state index contributed by atoms with van der Waals surface area (Å²) in [5.74, 6) is 0. The van der Waals surface area contributed by atoms with Crippen molar-refractivity contribution < 1.29 is 5.11 Å². The SMILES string of the molecule is Cc1ccc(C)c(-n2c(C)cc(CO)c2C)c1. The smallest absolute Gasteiger partial charge is 0.0699 e. The average molecular weight is 229 g/mol. The molecule has 0 bridgehead atoms. The molecular weight excluding hydrogens is 210 g/mol. The van der Waals surface area contributed by atoms with Crippen molar-refractivity contribution in [3.05, 3.63) is 52.3 Å². The molecule has 0 radical (unpaired) electrons. The van der Waals surface area contributed by atoms with E-state index in [1.807, 2.05) is 0 Å². The highest BCUT2D eigenvalue weighted by molar-refractivity contribution is 5.47. The number of aliphatic hydroxyl groups is 1. The zero-order chi connectivity index (χ0) is 12.6. The largest absolute Gasteiger partial charge is 0.392 e. The molecule has 2 heteroatoms. The quantitative estimate of drug-likeness (QED) is 0.840. The van der Waals surface area contributed by atoms with Crippen LogP contribution in [0.5, 0.6) is 0 Å². The van der Waals surface area contributed by atoms with Crippen LogP contribution in [0.15, 0.2) is 24.3 Å². The molecule has 0 aliphatic rings. The first kappa shape index (κ1) is 11.9. The minimum absolute atomic E-state index is 0.102. The van der Waals surface area contributed by atoms with Crippen molar-refractivity contribution in [3.8, 4) is 5.69 Å². The molecule has 0 amide bonds. The molecular formula is C15H19NO. The molecule has 90 valence electrons. The van der Waals surface area contributed by atoms with Gasteiger partial charge in [0.1, 0.15) is 0 Å². The Bertz CT molecular complexity index is 552. The number of rotatable bonds is 2. The van der Waals surface area contributed by atoms with Crippen molar-refractivity contribution in [2.75, 3.05) is 0 Å². The van der Waals surface area contributed by atoms with Crippen LogP contribution in [0.4, 0.5) is 0 Å². The summed E-state index contributed by atoms with van der Waals surface area (Å²) in [5.41, 5.74) is 7.01. The van der Waals surface area contributed by atoms with Crippen molar-refractivity contribution in [2.45, 2.75) is 34.3 Å². The molecule has 17 heavy (non-hydrogen) atoms. The zero-order valence-corrected chi connectivity index (χ0v) is 10.9. The van der Waals surface area contributed by atoms with Crippen molar-refractivity contribution in [1.82, 2.24) is 4.57 Å². The third-order valence-electron chi connectivity index (χ3n) is 3.31. The lowest BCUT2D eigenvalue weighted by molar-refractivity contribution is 0.281. The molecule has 1 N–H and O–H groups in total. The van der Waals surface area contributed by atoms with Gasteiger partial charge in [-0.05, 0) is 56.5 Å². The molecule has 0 saturated heterocycles. The van der Waals surface area contributed by atoms with E-state index in [4.69, 9.17) is 0 Å². The molecule has 2 rings (SSSR count). The van der Waals surface area contributed by atoms with Crippen LogP contribution in [-0.4, -0.2) is 9.67 Å². The van der Waals surface area contributed by atoms with Crippen molar-refractivity contribution >= 4 is 0 Å². The van der Waals surface area contributed by atoms with Crippen molar-refractivity contribution in [1.29, 1.82) is 0 Å². The zero-order valence-electron chi connectivity index (χ0n) is 10.9. The summed E-state index contributed by atoms with van der Waals surface area (Å²) in [6.07, 6.45) is 0. The summed E-state index contributed by atoms with van der Waals surface area (Å²) < 4.78 is 2.22. The van der Waals surface area contributed by atoms with Crippen LogP contribution in [0.3, 0.4) is 0 Å². The molecule has 0 fully saturated rings. The van der Waals surface area contributed by atoms with E-state index in [-0.39, 0.29) is 6.61 Å². The molecule has 2 nitrogen and oxygen atoms in total. The van der Waals surface area contributed by atoms with E-state index in [0.29, 0.717) is 0 Å². The fraction of sp³-hybridized carbons (Fsp3) is 0.333. The highest BCUT2D eigenvalue weighted by Crippen LogP contribution is 2.24. The first-order valence-corrected chi connectivity index (χ1v) is 5.91. The number of hydrogen-bond acceptors (Lipinski definition) is 1. The lowest BCUT2D eigenvalue weighted by Crippen LogP contribution is -2.02. The van der Waals surface area contributed by atoms with Gasteiger partial charge in [-0.25, -0.2) is 0 Å². The van der Waals surface area contributed by atoms with Crippen LogP contribution in [0.1, 0.15) is 28.1 Å². The van der Waals surface area contributed by atoms with E-state index in [0.717, 1.165) is 11.3 Å². The Kier molecular flexibility index (Phi) is 3.07. The predicted molar refractivity (Wildman–Crippen MR) is 70.6 cm³/mol. The van der Waals surface area contributed by atoms with Crippen LogP contribution < -0.4 is 0 Å². The van der Waals surface area contributed by atoms with Gasteiger partial charge < -0.3 is 9.67 Å². The fourth-order valence-corrected chi connectivity index (χ4v) is 2.32.